The largest absolute Gasteiger partial charge is 0.478 e. The van der Waals surface area contributed by atoms with Gasteiger partial charge >= 0.3 is 12.0 Å². The lowest BCUT2D eigenvalue weighted by Crippen LogP contribution is -2.05. The van der Waals surface area contributed by atoms with Gasteiger partial charge in [0.25, 0.3) is 0 Å². The predicted octanol–water partition coefficient (Wildman–Crippen LogP) is 1.87. The number of halogens is 1. The van der Waals surface area contributed by atoms with Gasteiger partial charge in [-0.15, -0.1) is 0 Å². The van der Waals surface area contributed by atoms with Crippen molar-refractivity contribution in [2.24, 2.45) is 0 Å². The van der Waals surface area contributed by atoms with E-state index in [0.29, 0.717) is 11.3 Å². The number of pyridine rings is 1. The normalized spacial score (nSPS) is 10.6. The van der Waals surface area contributed by atoms with E-state index in [4.69, 9.17) is 0 Å². The van der Waals surface area contributed by atoms with Gasteiger partial charge in [-0.25, -0.2) is 4.79 Å². The van der Waals surface area contributed by atoms with E-state index in [0.717, 1.165) is 10.2 Å². The molecule has 0 bridgehead atoms. The Balaban J connectivity index is 2.18. The average molecular weight is 299 g/mol. The van der Waals surface area contributed by atoms with Crippen molar-refractivity contribution in [2.45, 2.75) is 6.92 Å². The van der Waals surface area contributed by atoms with Crippen molar-refractivity contribution in [3.8, 4) is 16.9 Å². The van der Waals surface area contributed by atoms with Crippen LogP contribution in [0.3, 0.4) is 0 Å². The second-order valence-electron chi connectivity index (χ2n) is 4.65. The van der Waals surface area contributed by atoms with E-state index in [1.165, 1.54) is 12.1 Å². The fourth-order valence-electron chi connectivity index (χ4n) is 1.98. The van der Waals surface area contributed by atoms with Crippen molar-refractivity contribution in [1.82, 2.24) is 25.2 Å². The molecule has 3 aromatic rings. The first-order valence-corrected chi connectivity index (χ1v) is 6.30. The summed E-state index contributed by atoms with van der Waals surface area (Å²) in [5, 5.41) is 19.1. The molecule has 0 radical (unpaired) electrons. The van der Waals surface area contributed by atoms with Crippen LogP contribution >= 0.6 is 0 Å². The summed E-state index contributed by atoms with van der Waals surface area (Å²) in [5.74, 6) is -1.14. The maximum absolute atomic E-state index is 13.5. The summed E-state index contributed by atoms with van der Waals surface area (Å²) in [6.07, 6.45) is 0.741. The number of nitrogens with zero attached hydrogens (tertiary/aromatic N) is 5. The molecule has 0 saturated heterocycles. The minimum absolute atomic E-state index is 0.00947. The molecule has 7 nitrogen and oxygen atoms in total. The molecule has 1 N–H and O–H groups in total. The summed E-state index contributed by atoms with van der Waals surface area (Å²) in [7, 11) is 0. The van der Waals surface area contributed by atoms with E-state index < -0.39 is 12.0 Å². The van der Waals surface area contributed by atoms with E-state index in [9.17, 15) is 14.3 Å². The van der Waals surface area contributed by atoms with Crippen LogP contribution in [-0.4, -0.2) is 36.3 Å². The maximum Gasteiger partial charge on any atom is 0.335 e. The van der Waals surface area contributed by atoms with Crippen LogP contribution < -0.4 is 0 Å². The summed E-state index contributed by atoms with van der Waals surface area (Å²) in [5.41, 5.74) is 2.28. The highest BCUT2D eigenvalue weighted by atomic mass is 19.1. The van der Waals surface area contributed by atoms with Crippen LogP contribution in [-0.2, 0) is 0 Å². The highest BCUT2D eigenvalue weighted by molar-refractivity contribution is 5.90. The molecular formula is C14H10FN5O2. The second-order valence-corrected chi connectivity index (χ2v) is 4.65. The number of benzene rings is 1. The quantitative estimate of drug-likeness (QED) is 0.793. The number of carboxylic acid groups (broad SMARTS) is 1. The van der Waals surface area contributed by atoms with Gasteiger partial charge in [-0.3, -0.25) is 4.98 Å². The van der Waals surface area contributed by atoms with E-state index in [2.05, 4.69) is 20.5 Å². The monoisotopic (exact) mass is 299 g/mol. The third kappa shape index (κ3) is 2.53. The lowest BCUT2D eigenvalue weighted by Gasteiger charge is -2.07. The standard InChI is InChI=1S/C14H10FN5O2/c1-8-2-3-12(16-7-8)9-4-10(13(21)22)6-11(5-9)20-14(15)17-18-19-20/h2-7H,1H3,(H,21,22). The molecule has 22 heavy (non-hydrogen) atoms. The molecule has 0 amide bonds. The Morgan fingerprint density at radius 2 is 2.09 bits per heavy atom. The maximum atomic E-state index is 13.5. The molecule has 110 valence electrons. The van der Waals surface area contributed by atoms with Gasteiger partial charge in [0.1, 0.15) is 0 Å². The van der Waals surface area contributed by atoms with Gasteiger partial charge in [-0.05, 0) is 47.2 Å². The van der Waals surface area contributed by atoms with Crippen LogP contribution in [0.25, 0.3) is 16.9 Å². The first-order chi connectivity index (χ1) is 10.5. The third-order valence-corrected chi connectivity index (χ3v) is 3.05. The van der Waals surface area contributed by atoms with Crippen LogP contribution in [0.15, 0.2) is 36.5 Å². The lowest BCUT2D eigenvalue weighted by molar-refractivity contribution is 0.0697. The zero-order chi connectivity index (χ0) is 15.7. The van der Waals surface area contributed by atoms with E-state index in [-0.39, 0.29) is 11.3 Å². The number of carbonyl (C=O) groups is 1. The van der Waals surface area contributed by atoms with Crippen LogP contribution in [0.5, 0.6) is 0 Å². The fraction of sp³-hybridized carbons (Fsp3) is 0.0714. The number of carboxylic acids is 1. The summed E-state index contributed by atoms with van der Waals surface area (Å²) >= 11 is 0. The van der Waals surface area contributed by atoms with E-state index in [1.807, 2.05) is 13.0 Å². The van der Waals surface area contributed by atoms with Crippen molar-refractivity contribution in [1.29, 1.82) is 0 Å². The third-order valence-electron chi connectivity index (χ3n) is 3.05. The molecular weight excluding hydrogens is 289 g/mol. The highest BCUT2D eigenvalue weighted by Crippen LogP contribution is 2.23. The number of hydrogen-bond donors (Lipinski definition) is 1. The minimum Gasteiger partial charge on any atom is -0.478 e. The first kappa shape index (κ1) is 13.8. The Labute approximate surface area is 124 Å². The van der Waals surface area contributed by atoms with Gasteiger partial charge in [0, 0.05) is 11.8 Å². The molecule has 8 heteroatoms. The van der Waals surface area contributed by atoms with Crippen molar-refractivity contribution >= 4 is 5.97 Å². The van der Waals surface area contributed by atoms with Crippen LogP contribution in [0, 0.1) is 13.0 Å². The Morgan fingerprint density at radius 1 is 1.27 bits per heavy atom. The minimum atomic E-state index is -1.14. The predicted molar refractivity (Wildman–Crippen MR) is 74.0 cm³/mol. The smallest absolute Gasteiger partial charge is 0.335 e. The SMILES string of the molecule is Cc1ccc(-c2cc(C(=O)O)cc(-n3nnnc3F)c2)nc1. The van der Waals surface area contributed by atoms with E-state index in [1.54, 1.807) is 18.3 Å². The molecule has 2 heterocycles. The highest BCUT2D eigenvalue weighted by Gasteiger charge is 2.14. The Hall–Kier alpha value is -3.16. The molecule has 0 aliphatic carbocycles. The number of aromatic nitrogens is 5. The summed E-state index contributed by atoms with van der Waals surface area (Å²) in [6.45, 7) is 1.90. The summed E-state index contributed by atoms with van der Waals surface area (Å²) < 4.78 is 14.3. The van der Waals surface area contributed by atoms with Crippen molar-refractivity contribution < 1.29 is 14.3 Å². The number of aromatic carboxylic acids is 1. The van der Waals surface area contributed by atoms with E-state index >= 15 is 0 Å². The lowest BCUT2D eigenvalue weighted by atomic mass is 10.1. The van der Waals surface area contributed by atoms with Gasteiger partial charge in [0.2, 0.25) is 0 Å². The van der Waals surface area contributed by atoms with Crippen molar-refractivity contribution in [3.05, 3.63) is 53.7 Å². The van der Waals surface area contributed by atoms with Crippen LogP contribution in [0.2, 0.25) is 0 Å². The second kappa shape index (κ2) is 5.32. The van der Waals surface area contributed by atoms with Gasteiger partial charge in [-0.1, -0.05) is 11.2 Å². The summed E-state index contributed by atoms with van der Waals surface area (Å²) in [4.78, 5) is 15.5. The van der Waals surface area contributed by atoms with Gasteiger partial charge in [-0.2, -0.15) is 9.07 Å². The fourth-order valence-corrected chi connectivity index (χ4v) is 1.98. The van der Waals surface area contributed by atoms with Crippen molar-refractivity contribution in [3.63, 3.8) is 0 Å². The van der Waals surface area contributed by atoms with Crippen LogP contribution in [0.1, 0.15) is 15.9 Å². The molecule has 3 rings (SSSR count). The molecule has 0 aliphatic heterocycles. The van der Waals surface area contributed by atoms with Gasteiger partial charge in [0.15, 0.2) is 0 Å². The number of hydrogen-bond acceptors (Lipinski definition) is 5. The van der Waals surface area contributed by atoms with Crippen LogP contribution in [0.4, 0.5) is 4.39 Å². The van der Waals surface area contributed by atoms with Gasteiger partial charge < -0.3 is 5.11 Å². The summed E-state index contributed by atoms with van der Waals surface area (Å²) in [6, 6.07) is 7.94. The zero-order valence-electron chi connectivity index (χ0n) is 11.4. The molecule has 2 aromatic heterocycles. The number of aryl methyl sites for hydroxylation is 1. The molecule has 1 aromatic carbocycles. The Kier molecular flexibility index (Phi) is 3.34. The Bertz CT molecular complexity index is 845. The molecule has 0 atom stereocenters. The topological polar surface area (TPSA) is 93.8 Å². The first-order valence-electron chi connectivity index (χ1n) is 6.30. The number of tetrazole rings is 1. The molecule has 0 fully saturated rings. The molecule has 0 unspecified atom stereocenters. The molecule has 0 spiro atoms. The van der Waals surface area contributed by atoms with Crippen molar-refractivity contribution in [2.75, 3.05) is 0 Å². The zero-order valence-corrected chi connectivity index (χ0v) is 11.4. The van der Waals surface area contributed by atoms with Gasteiger partial charge in [0.05, 0.1) is 16.9 Å². The Morgan fingerprint density at radius 3 is 2.68 bits per heavy atom. The average Bonchev–Trinajstić information content (AvgIpc) is 2.93. The number of rotatable bonds is 3. The molecule has 0 saturated carbocycles. The molecule has 0 aliphatic rings.